The fourth-order valence-corrected chi connectivity index (χ4v) is 4.15. The molecule has 0 unspecified atom stereocenters. The predicted octanol–water partition coefficient (Wildman–Crippen LogP) is 5.10. The summed E-state index contributed by atoms with van der Waals surface area (Å²) in [5.74, 6) is 0.423. The van der Waals surface area contributed by atoms with Crippen molar-refractivity contribution in [1.82, 2.24) is 4.98 Å². The van der Waals surface area contributed by atoms with Crippen LogP contribution in [0.1, 0.15) is 26.3 Å². The van der Waals surface area contributed by atoms with Gasteiger partial charge >= 0.3 is 0 Å². The number of methoxy groups -OCH3 is 1. The van der Waals surface area contributed by atoms with Crippen LogP contribution in [0.15, 0.2) is 40.2 Å². The number of aromatic nitrogens is 1. The third-order valence-electron chi connectivity index (χ3n) is 3.35. The maximum Gasteiger partial charge on any atom is 0.267 e. The topological polar surface area (TPSA) is 68.3 Å². The Labute approximate surface area is 160 Å². The Morgan fingerprint density at radius 3 is 2.60 bits per heavy atom. The number of ether oxygens (including phenoxy) is 1. The third kappa shape index (κ3) is 3.97. The number of thiazole rings is 1. The molecule has 1 amide bonds. The number of halogens is 1. The number of hydrogen-bond donors (Lipinski definition) is 1. The van der Waals surface area contributed by atoms with Crippen LogP contribution < -0.4 is 10.1 Å². The molecule has 25 heavy (non-hydrogen) atoms. The summed E-state index contributed by atoms with van der Waals surface area (Å²) >= 11 is 5.97. The molecule has 128 valence electrons. The molecule has 0 aliphatic carbocycles. The van der Waals surface area contributed by atoms with Crippen molar-refractivity contribution >= 4 is 55.4 Å². The SMILES string of the molecule is COc1ccc(-c2csc(NC(=O)c3ccc(C(C)=O)s3)n2)cc1Br. The average Bonchev–Trinajstić information content (AvgIpc) is 3.24. The molecule has 2 heterocycles. The molecule has 0 aliphatic rings. The molecule has 0 saturated carbocycles. The lowest BCUT2D eigenvalue weighted by Crippen LogP contribution is -2.09. The first kappa shape index (κ1) is 17.8. The van der Waals surface area contributed by atoms with E-state index in [0.717, 1.165) is 21.5 Å². The summed E-state index contributed by atoms with van der Waals surface area (Å²) in [6, 6.07) is 8.97. The number of benzene rings is 1. The van der Waals surface area contributed by atoms with Crippen LogP contribution in [-0.2, 0) is 0 Å². The monoisotopic (exact) mass is 436 g/mol. The van der Waals surface area contributed by atoms with Crippen molar-refractivity contribution in [1.29, 1.82) is 0 Å². The van der Waals surface area contributed by atoms with Crippen LogP contribution in [-0.4, -0.2) is 23.8 Å². The molecule has 0 radical (unpaired) electrons. The van der Waals surface area contributed by atoms with Gasteiger partial charge in [-0.2, -0.15) is 0 Å². The van der Waals surface area contributed by atoms with Crippen molar-refractivity contribution in [3.05, 3.63) is 49.9 Å². The third-order valence-corrected chi connectivity index (χ3v) is 5.91. The van der Waals surface area contributed by atoms with Gasteiger partial charge in [-0.15, -0.1) is 22.7 Å². The molecule has 3 rings (SSSR count). The maximum absolute atomic E-state index is 12.3. The van der Waals surface area contributed by atoms with Crippen molar-refractivity contribution in [3.63, 3.8) is 0 Å². The molecule has 0 fully saturated rings. The fraction of sp³-hybridized carbons (Fsp3) is 0.118. The Hall–Kier alpha value is -2.03. The van der Waals surface area contributed by atoms with Gasteiger partial charge < -0.3 is 4.74 Å². The molecule has 0 saturated heterocycles. The van der Waals surface area contributed by atoms with Crippen molar-refractivity contribution in [3.8, 4) is 17.0 Å². The lowest BCUT2D eigenvalue weighted by atomic mass is 10.2. The summed E-state index contributed by atoms with van der Waals surface area (Å²) in [5.41, 5.74) is 1.68. The van der Waals surface area contributed by atoms with Gasteiger partial charge in [0.2, 0.25) is 0 Å². The first-order chi connectivity index (χ1) is 12.0. The van der Waals surface area contributed by atoms with Crippen LogP contribution in [0.25, 0.3) is 11.3 Å². The van der Waals surface area contributed by atoms with E-state index < -0.39 is 0 Å². The maximum atomic E-state index is 12.3. The van der Waals surface area contributed by atoms with E-state index in [0.29, 0.717) is 14.9 Å². The van der Waals surface area contributed by atoms with Gasteiger partial charge in [-0.25, -0.2) is 4.98 Å². The second-order valence-corrected chi connectivity index (χ2v) is 7.86. The zero-order valence-corrected chi connectivity index (χ0v) is 16.5. The minimum Gasteiger partial charge on any atom is -0.496 e. The Bertz CT molecular complexity index is 949. The van der Waals surface area contributed by atoms with Crippen LogP contribution in [0.4, 0.5) is 5.13 Å². The van der Waals surface area contributed by atoms with Gasteiger partial charge in [0.15, 0.2) is 10.9 Å². The molecule has 1 aromatic carbocycles. The highest BCUT2D eigenvalue weighted by atomic mass is 79.9. The molecular formula is C17H13BrN2O3S2. The summed E-state index contributed by atoms with van der Waals surface area (Å²) in [6.45, 7) is 1.48. The zero-order valence-electron chi connectivity index (χ0n) is 13.3. The Balaban J connectivity index is 1.76. The Morgan fingerprint density at radius 1 is 1.20 bits per heavy atom. The average molecular weight is 437 g/mol. The van der Waals surface area contributed by atoms with E-state index in [4.69, 9.17) is 4.74 Å². The fourth-order valence-electron chi connectivity index (χ4n) is 2.10. The van der Waals surface area contributed by atoms with Gasteiger partial charge in [0.05, 0.1) is 27.0 Å². The number of nitrogens with one attached hydrogen (secondary N) is 1. The standard InChI is InChI=1S/C17H13BrN2O3S2/c1-9(21)14-5-6-15(25-14)16(22)20-17-19-12(8-24-17)10-3-4-13(23-2)11(18)7-10/h3-8H,1-2H3,(H,19,20,22). The number of rotatable bonds is 5. The molecule has 0 spiro atoms. The van der Waals surface area contributed by atoms with E-state index in [1.54, 1.807) is 19.2 Å². The largest absolute Gasteiger partial charge is 0.496 e. The first-order valence-corrected chi connectivity index (χ1v) is 9.68. The van der Waals surface area contributed by atoms with E-state index in [2.05, 4.69) is 26.2 Å². The van der Waals surface area contributed by atoms with Gasteiger partial charge in [0.1, 0.15) is 5.75 Å². The highest BCUT2D eigenvalue weighted by molar-refractivity contribution is 9.10. The van der Waals surface area contributed by atoms with Crippen LogP contribution in [0.2, 0.25) is 0 Å². The normalized spacial score (nSPS) is 10.5. The number of anilines is 1. The van der Waals surface area contributed by atoms with Gasteiger partial charge in [0.25, 0.3) is 5.91 Å². The summed E-state index contributed by atoms with van der Waals surface area (Å²) < 4.78 is 6.05. The number of ketones is 1. The van der Waals surface area contributed by atoms with E-state index in [1.165, 1.54) is 29.6 Å². The van der Waals surface area contributed by atoms with Crippen LogP contribution in [0, 0.1) is 0 Å². The van der Waals surface area contributed by atoms with Gasteiger partial charge in [-0.3, -0.25) is 14.9 Å². The molecular weight excluding hydrogens is 424 g/mol. The first-order valence-electron chi connectivity index (χ1n) is 7.19. The Morgan fingerprint density at radius 2 is 1.96 bits per heavy atom. The van der Waals surface area contributed by atoms with E-state index in [1.807, 2.05) is 23.6 Å². The number of hydrogen-bond acceptors (Lipinski definition) is 6. The molecule has 5 nitrogen and oxygen atoms in total. The van der Waals surface area contributed by atoms with Crippen molar-refractivity contribution in [2.75, 3.05) is 12.4 Å². The molecule has 8 heteroatoms. The lowest BCUT2D eigenvalue weighted by Gasteiger charge is -2.04. The predicted molar refractivity (Wildman–Crippen MR) is 104 cm³/mol. The van der Waals surface area contributed by atoms with Crippen molar-refractivity contribution < 1.29 is 14.3 Å². The second kappa shape index (κ2) is 7.47. The number of Topliss-reactive ketones (excluding diaryl/α,β-unsaturated/α-hetero) is 1. The number of nitrogens with zero attached hydrogens (tertiary/aromatic N) is 1. The minimum absolute atomic E-state index is 0.0503. The van der Waals surface area contributed by atoms with E-state index >= 15 is 0 Å². The summed E-state index contributed by atoms with van der Waals surface area (Å²) in [5, 5.41) is 5.15. The molecule has 0 aliphatic heterocycles. The second-order valence-electron chi connectivity index (χ2n) is 5.06. The Kier molecular flexibility index (Phi) is 5.31. The molecule has 1 N–H and O–H groups in total. The molecule has 3 aromatic rings. The highest BCUT2D eigenvalue weighted by Crippen LogP contribution is 2.32. The van der Waals surface area contributed by atoms with Crippen molar-refractivity contribution in [2.24, 2.45) is 0 Å². The van der Waals surface area contributed by atoms with E-state index in [9.17, 15) is 9.59 Å². The number of carbonyl (C=O) groups is 2. The summed E-state index contributed by atoms with van der Waals surface area (Å²) in [4.78, 5) is 29.1. The number of carbonyl (C=O) groups excluding carboxylic acids is 2. The zero-order chi connectivity index (χ0) is 18.0. The quantitative estimate of drug-likeness (QED) is 0.564. The van der Waals surface area contributed by atoms with Gasteiger partial charge in [-0.1, -0.05) is 0 Å². The number of amides is 1. The molecule has 2 aromatic heterocycles. The van der Waals surface area contributed by atoms with Gasteiger partial charge in [-0.05, 0) is 53.2 Å². The number of thiophene rings is 1. The molecule has 0 bridgehead atoms. The van der Waals surface area contributed by atoms with Crippen LogP contribution >= 0.6 is 38.6 Å². The highest BCUT2D eigenvalue weighted by Gasteiger charge is 2.14. The van der Waals surface area contributed by atoms with Crippen LogP contribution in [0.5, 0.6) is 5.75 Å². The smallest absolute Gasteiger partial charge is 0.267 e. The van der Waals surface area contributed by atoms with E-state index in [-0.39, 0.29) is 11.7 Å². The van der Waals surface area contributed by atoms with Crippen molar-refractivity contribution in [2.45, 2.75) is 6.92 Å². The molecule has 0 atom stereocenters. The van der Waals surface area contributed by atoms with Crippen LogP contribution in [0.3, 0.4) is 0 Å². The summed E-state index contributed by atoms with van der Waals surface area (Å²) in [7, 11) is 1.61. The van der Waals surface area contributed by atoms with Gasteiger partial charge in [0, 0.05) is 10.9 Å². The lowest BCUT2D eigenvalue weighted by molar-refractivity contribution is 0.101. The summed E-state index contributed by atoms with van der Waals surface area (Å²) in [6.07, 6.45) is 0. The minimum atomic E-state index is -0.269.